The zero-order valence-corrected chi connectivity index (χ0v) is 20.2. The van der Waals surface area contributed by atoms with Crippen molar-refractivity contribution in [3.63, 3.8) is 0 Å². The normalized spacial score (nSPS) is 20.3. The van der Waals surface area contributed by atoms with Gasteiger partial charge in [0, 0.05) is 37.3 Å². The van der Waals surface area contributed by atoms with E-state index >= 15 is 0 Å². The van der Waals surface area contributed by atoms with E-state index in [2.05, 4.69) is 25.5 Å². The van der Waals surface area contributed by atoms with Gasteiger partial charge in [0.25, 0.3) is 5.91 Å². The lowest BCUT2D eigenvalue weighted by molar-refractivity contribution is -0.118. The summed E-state index contributed by atoms with van der Waals surface area (Å²) in [6, 6.07) is 9.44. The Bertz CT molecular complexity index is 1240. The van der Waals surface area contributed by atoms with E-state index in [4.69, 9.17) is 21.1 Å². The van der Waals surface area contributed by atoms with Crippen molar-refractivity contribution in [1.82, 2.24) is 20.2 Å². The highest BCUT2D eigenvalue weighted by Crippen LogP contribution is 2.29. The van der Waals surface area contributed by atoms with E-state index in [1.807, 2.05) is 24.3 Å². The number of hydrogen-bond acceptors (Lipinski definition) is 8. The van der Waals surface area contributed by atoms with Crippen LogP contribution < -0.4 is 20.1 Å². The van der Waals surface area contributed by atoms with Crippen molar-refractivity contribution >= 4 is 34.2 Å². The standard InChI is InChI=1S/C25H28ClN5O4/c1-34-16-3-4-20-18(10-16)17(19(26)12-28-20)6-8-31-9-7-21(22(32)13-31)27-11-15-2-5-23-25(29-15)30-24(33)14-35-23/h2-5,10,12,21-22,27,32H,6-9,11,13-14H2,1H3,(H,29,30,33)/t21-,22+/m0/s1. The molecule has 3 aromatic rings. The maximum atomic E-state index is 11.5. The first-order valence-electron chi connectivity index (χ1n) is 11.7. The molecule has 0 unspecified atom stereocenters. The van der Waals surface area contributed by atoms with Gasteiger partial charge in [-0.1, -0.05) is 11.6 Å². The maximum Gasteiger partial charge on any atom is 0.263 e. The number of β-amino-alcohol motifs (C(OH)–C–C–N with tert-alkyl or cyclic N) is 1. The summed E-state index contributed by atoms with van der Waals surface area (Å²) in [6.45, 7) is 2.72. The average Bonchev–Trinajstić information content (AvgIpc) is 2.87. The predicted molar refractivity (Wildman–Crippen MR) is 133 cm³/mol. The molecule has 184 valence electrons. The van der Waals surface area contributed by atoms with Crippen molar-refractivity contribution in [3.8, 4) is 11.5 Å². The number of aliphatic hydroxyl groups excluding tert-OH is 1. The van der Waals surface area contributed by atoms with Crippen molar-refractivity contribution in [3.05, 3.63) is 52.8 Å². The van der Waals surface area contributed by atoms with Gasteiger partial charge in [-0.05, 0) is 55.3 Å². The minimum absolute atomic E-state index is 0.00876. The minimum Gasteiger partial charge on any atom is -0.497 e. The first kappa shape index (κ1) is 23.7. The number of carbonyl (C=O) groups excluding carboxylic acids is 1. The molecule has 0 radical (unpaired) electrons. The number of nitrogens with one attached hydrogen (secondary N) is 2. The number of ether oxygens (including phenoxy) is 2. The van der Waals surface area contributed by atoms with Crippen LogP contribution >= 0.6 is 11.6 Å². The molecule has 1 fully saturated rings. The fourth-order valence-corrected chi connectivity index (χ4v) is 4.87. The van der Waals surface area contributed by atoms with E-state index in [1.165, 1.54) is 0 Å². The molecule has 2 aliphatic rings. The third-order valence-electron chi connectivity index (χ3n) is 6.56. The Kier molecular flexibility index (Phi) is 7.01. The quantitative estimate of drug-likeness (QED) is 0.456. The number of likely N-dealkylation sites (tertiary alicyclic amines) is 1. The van der Waals surface area contributed by atoms with E-state index in [-0.39, 0.29) is 18.6 Å². The second-order valence-electron chi connectivity index (χ2n) is 8.85. The minimum atomic E-state index is -0.505. The number of carbonyl (C=O) groups is 1. The number of aromatic nitrogens is 2. The number of methoxy groups -OCH3 is 1. The Morgan fingerprint density at radius 3 is 3.06 bits per heavy atom. The lowest BCUT2D eigenvalue weighted by Crippen LogP contribution is -2.52. The topological polar surface area (TPSA) is 109 Å². The van der Waals surface area contributed by atoms with Crippen LogP contribution in [0.4, 0.5) is 5.82 Å². The number of fused-ring (bicyclic) bond motifs is 2. The fourth-order valence-electron chi connectivity index (χ4n) is 4.63. The molecule has 1 aromatic carbocycles. The highest BCUT2D eigenvalue weighted by molar-refractivity contribution is 6.32. The highest BCUT2D eigenvalue weighted by atomic mass is 35.5. The Morgan fingerprint density at radius 2 is 2.23 bits per heavy atom. The Labute approximate surface area is 208 Å². The summed E-state index contributed by atoms with van der Waals surface area (Å²) < 4.78 is 10.7. The molecule has 3 N–H and O–H groups in total. The molecule has 0 bridgehead atoms. The molecule has 4 heterocycles. The summed E-state index contributed by atoms with van der Waals surface area (Å²) in [4.78, 5) is 22.7. The number of hydrogen-bond donors (Lipinski definition) is 3. The van der Waals surface area contributed by atoms with Gasteiger partial charge in [0.1, 0.15) is 5.75 Å². The van der Waals surface area contributed by atoms with E-state index in [1.54, 1.807) is 19.4 Å². The number of nitrogens with zero attached hydrogens (tertiary/aromatic N) is 3. The van der Waals surface area contributed by atoms with Crippen molar-refractivity contribution in [2.75, 3.05) is 38.7 Å². The third-order valence-corrected chi connectivity index (χ3v) is 6.88. The summed E-state index contributed by atoms with van der Waals surface area (Å²) in [5, 5.41) is 18.5. The molecule has 2 atom stereocenters. The van der Waals surface area contributed by atoms with Crippen LogP contribution in [-0.2, 0) is 17.8 Å². The number of aliphatic hydroxyl groups is 1. The zero-order chi connectivity index (χ0) is 24.4. The number of piperidine rings is 1. The van der Waals surface area contributed by atoms with Gasteiger partial charge >= 0.3 is 0 Å². The van der Waals surface area contributed by atoms with Crippen molar-refractivity contribution in [2.24, 2.45) is 0 Å². The first-order chi connectivity index (χ1) is 17.0. The number of halogens is 1. The summed E-state index contributed by atoms with van der Waals surface area (Å²) in [6.07, 6.45) is 2.75. The van der Waals surface area contributed by atoms with E-state index in [9.17, 15) is 9.90 Å². The number of anilines is 1. The fraction of sp³-hybridized carbons (Fsp3) is 0.400. The van der Waals surface area contributed by atoms with Gasteiger partial charge in [0.15, 0.2) is 18.2 Å². The molecule has 5 rings (SSSR count). The predicted octanol–water partition coefficient (Wildman–Crippen LogP) is 2.39. The highest BCUT2D eigenvalue weighted by Gasteiger charge is 2.27. The van der Waals surface area contributed by atoms with Gasteiger partial charge in [0.05, 0.1) is 29.4 Å². The summed E-state index contributed by atoms with van der Waals surface area (Å²) in [5.74, 6) is 1.57. The first-order valence-corrected chi connectivity index (χ1v) is 12.1. The molecule has 0 saturated carbocycles. The number of benzene rings is 1. The van der Waals surface area contributed by atoms with Crippen LogP contribution in [0.25, 0.3) is 10.9 Å². The second kappa shape index (κ2) is 10.3. The van der Waals surface area contributed by atoms with Crippen molar-refractivity contribution < 1.29 is 19.4 Å². The maximum absolute atomic E-state index is 11.5. The largest absolute Gasteiger partial charge is 0.497 e. The van der Waals surface area contributed by atoms with Crippen LogP contribution in [0, 0.1) is 0 Å². The monoisotopic (exact) mass is 497 g/mol. The molecule has 9 nitrogen and oxygen atoms in total. The summed E-state index contributed by atoms with van der Waals surface area (Å²) in [7, 11) is 1.65. The van der Waals surface area contributed by atoms with Crippen molar-refractivity contribution in [1.29, 1.82) is 0 Å². The second-order valence-corrected chi connectivity index (χ2v) is 9.26. The summed E-state index contributed by atoms with van der Waals surface area (Å²) >= 11 is 6.50. The molecule has 1 amide bonds. The van der Waals surface area contributed by atoms with Crippen LogP contribution in [0.2, 0.25) is 5.02 Å². The van der Waals surface area contributed by atoms with E-state index in [0.29, 0.717) is 29.7 Å². The SMILES string of the molecule is COc1ccc2ncc(Cl)c(CCN3CC[C@H](NCc4ccc5c(n4)NC(=O)CO5)[C@H](O)C3)c2c1. The molecule has 10 heteroatoms. The van der Waals surface area contributed by atoms with Crippen LogP contribution in [0.15, 0.2) is 36.5 Å². The Morgan fingerprint density at radius 1 is 1.34 bits per heavy atom. The van der Waals surface area contributed by atoms with Gasteiger partial charge in [-0.15, -0.1) is 0 Å². The Balaban J connectivity index is 1.16. The van der Waals surface area contributed by atoms with Gasteiger partial charge in [-0.2, -0.15) is 0 Å². The smallest absolute Gasteiger partial charge is 0.263 e. The zero-order valence-electron chi connectivity index (χ0n) is 19.5. The molecule has 2 aliphatic heterocycles. The van der Waals surface area contributed by atoms with E-state index in [0.717, 1.165) is 53.8 Å². The molecular formula is C25H28ClN5O4. The van der Waals surface area contributed by atoms with Crippen LogP contribution in [0.5, 0.6) is 11.5 Å². The number of rotatable bonds is 7. The molecule has 2 aromatic heterocycles. The average molecular weight is 498 g/mol. The molecular weight excluding hydrogens is 470 g/mol. The van der Waals surface area contributed by atoms with Gasteiger partial charge in [0.2, 0.25) is 0 Å². The molecule has 0 aliphatic carbocycles. The van der Waals surface area contributed by atoms with Gasteiger partial charge in [-0.25, -0.2) is 4.98 Å². The molecule has 1 saturated heterocycles. The number of amides is 1. The molecule has 0 spiro atoms. The lowest BCUT2D eigenvalue weighted by Gasteiger charge is -2.36. The Hall–Kier alpha value is -2.98. The van der Waals surface area contributed by atoms with Crippen molar-refractivity contribution in [2.45, 2.75) is 31.5 Å². The third kappa shape index (κ3) is 5.33. The van der Waals surface area contributed by atoms with Crippen LogP contribution in [0.1, 0.15) is 17.7 Å². The lowest BCUT2D eigenvalue weighted by atomic mass is 10.00. The van der Waals surface area contributed by atoms with Gasteiger partial charge < -0.3 is 30.1 Å². The van der Waals surface area contributed by atoms with Crippen LogP contribution in [-0.4, -0.2) is 71.4 Å². The summed E-state index contributed by atoms with van der Waals surface area (Å²) in [5.41, 5.74) is 2.70. The van der Waals surface area contributed by atoms with E-state index < -0.39 is 6.10 Å². The van der Waals surface area contributed by atoms with Crippen LogP contribution in [0.3, 0.4) is 0 Å². The van der Waals surface area contributed by atoms with Gasteiger partial charge in [-0.3, -0.25) is 9.78 Å². The molecule has 35 heavy (non-hydrogen) atoms. The number of pyridine rings is 2.